The van der Waals surface area contributed by atoms with Gasteiger partial charge in [-0.05, 0) is 31.7 Å². The maximum atomic E-state index is 5.90. The average molecular weight is 296 g/mol. The Morgan fingerprint density at radius 2 is 2.35 bits per heavy atom. The van der Waals surface area contributed by atoms with E-state index in [1.807, 2.05) is 11.3 Å². The highest BCUT2D eigenvalue weighted by atomic mass is 32.1. The molecule has 1 N–H and O–H groups in total. The van der Waals surface area contributed by atoms with Gasteiger partial charge in [-0.25, -0.2) is 0 Å². The first-order valence-corrected chi connectivity index (χ1v) is 8.71. The van der Waals surface area contributed by atoms with Crippen LogP contribution in [-0.4, -0.2) is 43.3 Å². The predicted molar refractivity (Wildman–Crippen MR) is 86.4 cm³/mol. The van der Waals surface area contributed by atoms with Gasteiger partial charge in [-0.15, -0.1) is 11.3 Å². The second-order valence-corrected chi connectivity index (χ2v) is 6.83. The van der Waals surface area contributed by atoms with Gasteiger partial charge in [-0.2, -0.15) is 0 Å². The summed E-state index contributed by atoms with van der Waals surface area (Å²) in [5.74, 6) is 0. The Kier molecular flexibility index (Phi) is 6.49. The zero-order valence-corrected chi connectivity index (χ0v) is 13.8. The summed E-state index contributed by atoms with van der Waals surface area (Å²) < 4.78 is 5.90. The van der Waals surface area contributed by atoms with E-state index >= 15 is 0 Å². The van der Waals surface area contributed by atoms with Crippen molar-refractivity contribution in [2.45, 2.75) is 51.8 Å². The fourth-order valence-corrected chi connectivity index (χ4v) is 3.57. The van der Waals surface area contributed by atoms with Gasteiger partial charge in [0.25, 0.3) is 0 Å². The van der Waals surface area contributed by atoms with Crippen LogP contribution in [0.4, 0.5) is 0 Å². The van der Waals surface area contributed by atoms with Crippen molar-refractivity contribution >= 4 is 11.3 Å². The molecule has 0 radical (unpaired) electrons. The van der Waals surface area contributed by atoms with Crippen LogP contribution in [0.15, 0.2) is 17.5 Å². The van der Waals surface area contributed by atoms with Crippen molar-refractivity contribution in [2.24, 2.45) is 0 Å². The summed E-state index contributed by atoms with van der Waals surface area (Å²) in [6.07, 6.45) is 2.73. The maximum Gasteiger partial charge on any atom is 0.0827 e. The molecule has 3 nitrogen and oxygen atoms in total. The van der Waals surface area contributed by atoms with Crippen molar-refractivity contribution in [1.82, 2.24) is 10.2 Å². The lowest BCUT2D eigenvalue weighted by Gasteiger charge is -2.36. The molecule has 1 aromatic heterocycles. The Balaban J connectivity index is 1.83. The van der Waals surface area contributed by atoms with Crippen LogP contribution in [0.5, 0.6) is 0 Å². The van der Waals surface area contributed by atoms with E-state index in [0.29, 0.717) is 18.2 Å². The second kappa shape index (κ2) is 8.13. The van der Waals surface area contributed by atoms with Crippen LogP contribution in [0.25, 0.3) is 0 Å². The zero-order chi connectivity index (χ0) is 14.4. The lowest BCUT2D eigenvalue weighted by Crippen LogP contribution is -2.49. The van der Waals surface area contributed by atoms with Crippen LogP contribution >= 0.6 is 11.3 Å². The number of hydrogen-bond donors (Lipinski definition) is 1. The summed E-state index contributed by atoms with van der Waals surface area (Å²) in [6.45, 7) is 10.7. The lowest BCUT2D eigenvalue weighted by molar-refractivity contribution is -0.0382. The molecule has 2 heterocycles. The van der Waals surface area contributed by atoms with Crippen LogP contribution in [-0.2, 0) is 4.74 Å². The second-order valence-electron chi connectivity index (χ2n) is 5.85. The van der Waals surface area contributed by atoms with Gasteiger partial charge in [0.1, 0.15) is 0 Å². The first-order chi connectivity index (χ1) is 9.70. The van der Waals surface area contributed by atoms with E-state index in [2.05, 4.69) is 48.5 Å². The highest BCUT2D eigenvalue weighted by Crippen LogP contribution is 2.23. The Labute approximate surface area is 127 Å². The first kappa shape index (κ1) is 16.0. The maximum absolute atomic E-state index is 5.90. The number of ether oxygens (including phenoxy) is 1. The van der Waals surface area contributed by atoms with E-state index in [4.69, 9.17) is 4.74 Å². The minimum atomic E-state index is 0.325. The van der Waals surface area contributed by atoms with Gasteiger partial charge in [-0.1, -0.05) is 19.4 Å². The molecule has 2 atom stereocenters. The molecule has 20 heavy (non-hydrogen) atoms. The summed E-state index contributed by atoms with van der Waals surface area (Å²) in [7, 11) is 0. The number of rotatable bonds is 7. The molecule has 114 valence electrons. The third-order valence-corrected chi connectivity index (χ3v) is 4.94. The standard InChI is InChI=1S/C16H28N2OS/c1-4-6-15(16-7-5-10-20-16)17-11-14-12-18(13(2)3)8-9-19-14/h5,7,10,13-15,17H,4,6,8-9,11-12H2,1-3H3. The monoisotopic (exact) mass is 296 g/mol. The Bertz CT molecular complexity index is 367. The van der Waals surface area contributed by atoms with Crippen molar-refractivity contribution in [3.05, 3.63) is 22.4 Å². The van der Waals surface area contributed by atoms with Gasteiger partial charge < -0.3 is 10.1 Å². The third kappa shape index (κ3) is 4.55. The smallest absolute Gasteiger partial charge is 0.0827 e. The van der Waals surface area contributed by atoms with Crippen LogP contribution < -0.4 is 5.32 Å². The van der Waals surface area contributed by atoms with Crippen molar-refractivity contribution in [2.75, 3.05) is 26.2 Å². The van der Waals surface area contributed by atoms with Crippen LogP contribution in [0, 0.1) is 0 Å². The molecule has 2 unspecified atom stereocenters. The molecule has 1 fully saturated rings. The Morgan fingerprint density at radius 1 is 1.50 bits per heavy atom. The fraction of sp³-hybridized carbons (Fsp3) is 0.750. The minimum absolute atomic E-state index is 0.325. The zero-order valence-electron chi connectivity index (χ0n) is 13.0. The third-order valence-electron chi connectivity index (χ3n) is 3.96. The SMILES string of the molecule is CCCC(NCC1CN(C(C)C)CCO1)c1cccs1. The van der Waals surface area contributed by atoms with Gasteiger partial charge in [-0.3, -0.25) is 4.90 Å². The molecule has 1 aliphatic rings. The van der Waals surface area contributed by atoms with Gasteiger partial charge >= 0.3 is 0 Å². The molecule has 1 aliphatic heterocycles. The summed E-state index contributed by atoms with van der Waals surface area (Å²) in [6, 6.07) is 5.48. The summed E-state index contributed by atoms with van der Waals surface area (Å²) in [5, 5.41) is 5.87. The van der Waals surface area contributed by atoms with Crippen molar-refractivity contribution in [3.8, 4) is 0 Å². The normalized spacial score (nSPS) is 22.3. The van der Waals surface area contributed by atoms with E-state index in [1.54, 1.807) is 0 Å². The number of nitrogens with one attached hydrogen (secondary N) is 1. The summed E-state index contributed by atoms with van der Waals surface area (Å²) >= 11 is 1.85. The van der Waals surface area contributed by atoms with Crippen molar-refractivity contribution < 1.29 is 4.74 Å². The van der Waals surface area contributed by atoms with Gasteiger partial charge in [0.05, 0.1) is 12.7 Å². The number of hydrogen-bond acceptors (Lipinski definition) is 4. The summed E-state index contributed by atoms with van der Waals surface area (Å²) in [5.41, 5.74) is 0. The first-order valence-electron chi connectivity index (χ1n) is 7.83. The molecule has 0 amide bonds. The van der Waals surface area contributed by atoms with Gasteiger partial charge in [0.2, 0.25) is 0 Å². The predicted octanol–water partition coefficient (Wildman–Crippen LogP) is 3.29. The number of nitrogens with zero attached hydrogens (tertiary/aromatic N) is 1. The fourth-order valence-electron chi connectivity index (χ4n) is 2.73. The molecule has 0 bridgehead atoms. The van der Waals surface area contributed by atoms with E-state index in [0.717, 1.165) is 26.2 Å². The minimum Gasteiger partial charge on any atom is -0.374 e. The van der Waals surface area contributed by atoms with Crippen molar-refractivity contribution in [3.63, 3.8) is 0 Å². The molecule has 0 spiro atoms. The average Bonchev–Trinajstić information content (AvgIpc) is 2.97. The Morgan fingerprint density at radius 3 is 3.00 bits per heavy atom. The largest absolute Gasteiger partial charge is 0.374 e. The molecule has 0 aromatic carbocycles. The summed E-state index contributed by atoms with van der Waals surface area (Å²) in [4.78, 5) is 3.96. The van der Waals surface area contributed by atoms with E-state index in [9.17, 15) is 0 Å². The molecule has 0 aliphatic carbocycles. The highest BCUT2D eigenvalue weighted by Gasteiger charge is 2.23. The number of morpholine rings is 1. The van der Waals surface area contributed by atoms with Crippen LogP contribution in [0.3, 0.4) is 0 Å². The van der Waals surface area contributed by atoms with Gasteiger partial charge in [0, 0.05) is 36.6 Å². The van der Waals surface area contributed by atoms with Crippen molar-refractivity contribution in [1.29, 1.82) is 0 Å². The highest BCUT2D eigenvalue weighted by molar-refractivity contribution is 7.10. The molecular weight excluding hydrogens is 268 g/mol. The van der Waals surface area contributed by atoms with E-state index in [1.165, 1.54) is 17.7 Å². The molecule has 0 saturated carbocycles. The lowest BCUT2D eigenvalue weighted by atomic mass is 10.1. The van der Waals surface area contributed by atoms with Crippen LogP contribution in [0.2, 0.25) is 0 Å². The molecule has 4 heteroatoms. The molecular formula is C16H28N2OS. The quantitative estimate of drug-likeness (QED) is 0.835. The van der Waals surface area contributed by atoms with E-state index in [-0.39, 0.29) is 0 Å². The molecule has 1 aromatic rings. The Hall–Kier alpha value is -0.420. The van der Waals surface area contributed by atoms with E-state index < -0.39 is 0 Å². The van der Waals surface area contributed by atoms with Gasteiger partial charge in [0.15, 0.2) is 0 Å². The molecule has 1 saturated heterocycles. The van der Waals surface area contributed by atoms with Crippen LogP contribution in [0.1, 0.15) is 44.5 Å². The number of thiophene rings is 1. The molecule has 2 rings (SSSR count). The topological polar surface area (TPSA) is 24.5 Å².